The number of azide groups is 1. The topological polar surface area (TPSA) is 118 Å². The van der Waals surface area contributed by atoms with Crippen molar-refractivity contribution in [3.05, 3.63) is 44.3 Å². The summed E-state index contributed by atoms with van der Waals surface area (Å²) in [6.07, 6.45) is 0. The summed E-state index contributed by atoms with van der Waals surface area (Å²) in [6.45, 7) is 0.0490. The monoisotopic (exact) mass is 217 g/mol. The Bertz CT molecular complexity index is 522. The second-order valence-electron chi connectivity index (χ2n) is 2.72. The molecule has 0 unspecified atom stereocenters. The fourth-order valence-corrected chi connectivity index (χ4v) is 1.01. The summed E-state index contributed by atoms with van der Waals surface area (Å²) < 4.78 is 0. The molecule has 2 N–H and O–H groups in total. The molecule has 7 heteroatoms. The average Bonchev–Trinajstić information content (AvgIpc) is 2.24. The van der Waals surface area contributed by atoms with Gasteiger partial charge in [-0.3, -0.25) is 10.1 Å². The van der Waals surface area contributed by atoms with Gasteiger partial charge in [0.05, 0.1) is 11.5 Å². The summed E-state index contributed by atoms with van der Waals surface area (Å²) in [5, 5.41) is 13.7. The average molecular weight is 217 g/mol. The molecule has 0 fully saturated rings. The third-order valence-electron chi connectivity index (χ3n) is 1.67. The van der Waals surface area contributed by atoms with Crippen LogP contribution in [0.1, 0.15) is 5.56 Å². The smallest absolute Gasteiger partial charge is 0.292 e. The van der Waals surface area contributed by atoms with Crippen LogP contribution in [0.4, 0.5) is 11.4 Å². The van der Waals surface area contributed by atoms with Crippen molar-refractivity contribution >= 4 is 11.4 Å². The SMILES string of the molecule is [N-]=[N+]=NCC#Cc1ccc([N+](=O)[O-])c(N)c1. The van der Waals surface area contributed by atoms with Crippen molar-refractivity contribution in [1.29, 1.82) is 0 Å². The van der Waals surface area contributed by atoms with Crippen LogP contribution in [0.2, 0.25) is 0 Å². The van der Waals surface area contributed by atoms with E-state index < -0.39 is 4.92 Å². The fourth-order valence-electron chi connectivity index (χ4n) is 1.01. The number of nitro benzene ring substituents is 1. The first-order valence-electron chi connectivity index (χ1n) is 4.19. The lowest BCUT2D eigenvalue weighted by Gasteiger charge is -1.96. The van der Waals surface area contributed by atoms with E-state index in [1.165, 1.54) is 18.2 Å². The Balaban J connectivity index is 2.92. The first-order chi connectivity index (χ1) is 7.65. The molecule has 0 atom stereocenters. The van der Waals surface area contributed by atoms with Gasteiger partial charge >= 0.3 is 0 Å². The van der Waals surface area contributed by atoms with E-state index in [4.69, 9.17) is 11.3 Å². The number of nitrogen functional groups attached to an aromatic ring is 1. The van der Waals surface area contributed by atoms with Crippen molar-refractivity contribution in [2.75, 3.05) is 12.3 Å². The van der Waals surface area contributed by atoms with E-state index in [0.717, 1.165) is 0 Å². The van der Waals surface area contributed by atoms with Crippen molar-refractivity contribution in [2.24, 2.45) is 5.11 Å². The van der Waals surface area contributed by atoms with Crippen LogP contribution >= 0.6 is 0 Å². The molecule has 0 bridgehead atoms. The minimum Gasteiger partial charge on any atom is -0.393 e. The molecule has 1 rings (SSSR count). The van der Waals surface area contributed by atoms with E-state index >= 15 is 0 Å². The summed E-state index contributed by atoms with van der Waals surface area (Å²) in [4.78, 5) is 12.4. The number of rotatable bonds is 2. The lowest BCUT2D eigenvalue weighted by molar-refractivity contribution is -0.383. The molecule has 80 valence electrons. The molecule has 1 aromatic carbocycles. The molecule has 0 saturated heterocycles. The molecule has 0 aromatic heterocycles. The highest BCUT2D eigenvalue weighted by Crippen LogP contribution is 2.21. The van der Waals surface area contributed by atoms with E-state index in [1.54, 1.807) is 0 Å². The van der Waals surface area contributed by atoms with Gasteiger partial charge in [-0.1, -0.05) is 17.0 Å². The Morgan fingerprint density at radius 2 is 2.38 bits per heavy atom. The zero-order valence-corrected chi connectivity index (χ0v) is 8.12. The van der Waals surface area contributed by atoms with E-state index in [9.17, 15) is 10.1 Å². The predicted octanol–water partition coefficient (Wildman–Crippen LogP) is 1.84. The highest BCUT2D eigenvalue weighted by atomic mass is 16.6. The van der Waals surface area contributed by atoms with Crippen LogP contribution < -0.4 is 5.73 Å². The Kier molecular flexibility index (Phi) is 3.72. The van der Waals surface area contributed by atoms with Gasteiger partial charge in [-0.2, -0.15) is 0 Å². The molecule has 16 heavy (non-hydrogen) atoms. The van der Waals surface area contributed by atoms with Crippen molar-refractivity contribution < 1.29 is 4.92 Å². The molecule has 0 spiro atoms. The third-order valence-corrected chi connectivity index (χ3v) is 1.67. The number of hydrogen-bond donors (Lipinski definition) is 1. The van der Waals surface area contributed by atoms with Gasteiger partial charge in [0.2, 0.25) is 0 Å². The zero-order chi connectivity index (χ0) is 12.0. The Hall–Kier alpha value is -2.71. The van der Waals surface area contributed by atoms with Gasteiger partial charge in [-0.25, -0.2) is 0 Å². The minimum absolute atomic E-state index is 0.0490. The largest absolute Gasteiger partial charge is 0.393 e. The van der Waals surface area contributed by atoms with Crippen molar-refractivity contribution in [3.8, 4) is 11.8 Å². The molecular weight excluding hydrogens is 210 g/mol. The number of nitrogens with zero attached hydrogens (tertiary/aromatic N) is 4. The second kappa shape index (κ2) is 5.24. The van der Waals surface area contributed by atoms with E-state index in [0.29, 0.717) is 5.56 Å². The number of anilines is 1. The normalized spacial score (nSPS) is 8.50. The van der Waals surface area contributed by atoms with Crippen LogP contribution in [-0.2, 0) is 0 Å². The maximum Gasteiger partial charge on any atom is 0.292 e. The summed E-state index contributed by atoms with van der Waals surface area (Å²) in [5.74, 6) is 5.25. The number of benzene rings is 1. The molecule has 1 aromatic rings. The van der Waals surface area contributed by atoms with Crippen molar-refractivity contribution in [3.63, 3.8) is 0 Å². The quantitative estimate of drug-likeness (QED) is 0.155. The van der Waals surface area contributed by atoms with Crippen LogP contribution in [0, 0.1) is 22.0 Å². The molecule has 0 aliphatic carbocycles. The number of nitrogens with two attached hydrogens (primary N) is 1. The van der Waals surface area contributed by atoms with Gasteiger partial charge in [0.15, 0.2) is 0 Å². The third kappa shape index (κ3) is 2.90. The van der Waals surface area contributed by atoms with Crippen LogP contribution in [0.15, 0.2) is 23.3 Å². The standard InChI is InChI=1S/C9H7N5O2/c10-8-6-7(2-1-5-12-13-11)3-4-9(8)14(15)16/h3-4,6H,5,10H2. The summed E-state index contributed by atoms with van der Waals surface area (Å²) in [6, 6.07) is 4.17. The molecule has 0 aliphatic heterocycles. The van der Waals surface area contributed by atoms with Gasteiger partial charge in [-0.05, 0) is 17.7 Å². The highest BCUT2D eigenvalue weighted by Gasteiger charge is 2.09. The zero-order valence-electron chi connectivity index (χ0n) is 8.12. The lowest BCUT2D eigenvalue weighted by Crippen LogP contribution is -1.95. The lowest BCUT2D eigenvalue weighted by atomic mass is 10.2. The van der Waals surface area contributed by atoms with Gasteiger partial charge in [-0.15, -0.1) is 0 Å². The summed E-state index contributed by atoms with van der Waals surface area (Å²) in [7, 11) is 0. The second-order valence-corrected chi connectivity index (χ2v) is 2.72. The minimum atomic E-state index is -0.563. The molecule has 0 saturated carbocycles. The number of hydrogen-bond acceptors (Lipinski definition) is 4. The summed E-state index contributed by atoms with van der Waals surface area (Å²) in [5.41, 5.74) is 13.9. The van der Waals surface area contributed by atoms with Crippen LogP contribution in [0.25, 0.3) is 10.4 Å². The Morgan fingerprint density at radius 1 is 1.62 bits per heavy atom. The van der Waals surface area contributed by atoms with Gasteiger partial charge in [0, 0.05) is 16.5 Å². The maximum atomic E-state index is 10.5. The van der Waals surface area contributed by atoms with Gasteiger partial charge in [0.25, 0.3) is 5.69 Å². The van der Waals surface area contributed by atoms with E-state index in [1.807, 2.05) is 0 Å². The molecular formula is C9H7N5O2. The molecule has 0 heterocycles. The summed E-state index contributed by atoms with van der Waals surface area (Å²) >= 11 is 0. The number of nitro groups is 1. The van der Waals surface area contributed by atoms with Crippen LogP contribution in [-0.4, -0.2) is 11.5 Å². The molecule has 0 aliphatic rings. The molecule has 0 radical (unpaired) electrons. The van der Waals surface area contributed by atoms with Gasteiger partial charge < -0.3 is 5.73 Å². The van der Waals surface area contributed by atoms with Crippen molar-refractivity contribution in [1.82, 2.24) is 0 Å². The first kappa shape index (κ1) is 11.4. The van der Waals surface area contributed by atoms with Gasteiger partial charge in [0.1, 0.15) is 5.69 Å². The Morgan fingerprint density at radius 3 is 2.94 bits per heavy atom. The van der Waals surface area contributed by atoms with Crippen LogP contribution in [0.3, 0.4) is 0 Å². The fraction of sp³-hybridized carbons (Fsp3) is 0.111. The van der Waals surface area contributed by atoms with E-state index in [-0.39, 0.29) is 17.9 Å². The first-order valence-corrected chi connectivity index (χ1v) is 4.19. The van der Waals surface area contributed by atoms with Crippen molar-refractivity contribution in [2.45, 2.75) is 0 Å². The maximum absolute atomic E-state index is 10.5. The Labute approximate surface area is 90.7 Å². The molecule has 0 amide bonds. The van der Waals surface area contributed by atoms with Crippen LogP contribution in [0.5, 0.6) is 0 Å². The highest BCUT2D eigenvalue weighted by molar-refractivity contribution is 5.61. The predicted molar refractivity (Wildman–Crippen MR) is 58.4 cm³/mol. The van der Waals surface area contributed by atoms with E-state index in [2.05, 4.69) is 21.9 Å². The molecule has 7 nitrogen and oxygen atoms in total.